The molecular formula is C15H32N2. The fraction of sp³-hybridized carbons (Fsp3) is 1.00. The van der Waals surface area contributed by atoms with Crippen LogP contribution >= 0.6 is 0 Å². The van der Waals surface area contributed by atoms with Gasteiger partial charge in [-0.1, -0.05) is 27.2 Å². The summed E-state index contributed by atoms with van der Waals surface area (Å²) in [5.41, 5.74) is 0. The maximum atomic E-state index is 3.61. The third-order valence-corrected chi connectivity index (χ3v) is 4.00. The van der Waals surface area contributed by atoms with Crippen LogP contribution in [0.5, 0.6) is 0 Å². The van der Waals surface area contributed by atoms with Crippen LogP contribution in [0.4, 0.5) is 0 Å². The quantitative estimate of drug-likeness (QED) is 0.687. The average Bonchev–Trinajstić information content (AvgIpc) is 2.53. The van der Waals surface area contributed by atoms with Crippen LogP contribution in [0.3, 0.4) is 0 Å². The van der Waals surface area contributed by atoms with E-state index >= 15 is 0 Å². The molecule has 0 spiro atoms. The fourth-order valence-electron chi connectivity index (χ4n) is 2.84. The van der Waals surface area contributed by atoms with Crippen molar-refractivity contribution in [2.45, 2.75) is 65.3 Å². The van der Waals surface area contributed by atoms with Gasteiger partial charge in [-0.15, -0.1) is 0 Å². The molecule has 2 atom stereocenters. The Morgan fingerprint density at radius 1 is 1.18 bits per heavy atom. The van der Waals surface area contributed by atoms with Gasteiger partial charge in [0.15, 0.2) is 0 Å². The van der Waals surface area contributed by atoms with Crippen molar-refractivity contribution in [1.29, 1.82) is 0 Å². The number of hydrogen-bond donors (Lipinski definition) is 1. The Balaban J connectivity index is 2.38. The first-order chi connectivity index (χ1) is 8.27. The van der Waals surface area contributed by atoms with Crippen LogP contribution in [0.25, 0.3) is 0 Å². The van der Waals surface area contributed by atoms with Gasteiger partial charge in [-0.05, 0) is 57.7 Å². The molecule has 0 aromatic carbocycles. The molecular weight excluding hydrogens is 208 g/mol. The van der Waals surface area contributed by atoms with E-state index in [1.807, 2.05) is 0 Å². The number of rotatable bonds is 7. The minimum Gasteiger partial charge on any atom is -0.315 e. The lowest BCUT2D eigenvalue weighted by Crippen LogP contribution is -2.43. The Morgan fingerprint density at radius 3 is 2.71 bits per heavy atom. The summed E-state index contributed by atoms with van der Waals surface area (Å²) in [6, 6.07) is 0.775. The van der Waals surface area contributed by atoms with Crippen LogP contribution in [0.2, 0.25) is 0 Å². The predicted octanol–water partition coefficient (Wildman–Crippen LogP) is 3.28. The third kappa shape index (κ3) is 5.87. The maximum absolute atomic E-state index is 3.61. The summed E-state index contributed by atoms with van der Waals surface area (Å²) in [5.74, 6) is 0.936. The SMILES string of the molecule is CCCNCC(CCC)N1CCCC(C)CC1. The summed E-state index contributed by atoms with van der Waals surface area (Å²) >= 11 is 0. The minimum absolute atomic E-state index is 0.775. The lowest BCUT2D eigenvalue weighted by Gasteiger charge is -2.31. The number of hydrogen-bond acceptors (Lipinski definition) is 2. The van der Waals surface area contributed by atoms with Crippen LogP contribution in [-0.2, 0) is 0 Å². The lowest BCUT2D eigenvalue weighted by molar-refractivity contribution is 0.186. The van der Waals surface area contributed by atoms with Gasteiger partial charge in [-0.2, -0.15) is 0 Å². The zero-order chi connectivity index (χ0) is 12.5. The maximum Gasteiger partial charge on any atom is 0.0220 e. The lowest BCUT2D eigenvalue weighted by atomic mass is 10.0. The van der Waals surface area contributed by atoms with Crippen molar-refractivity contribution in [2.24, 2.45) is 5.92 Å². The molecule has 2 heteroatoms. The summed E-state index contributed by atoms with van der Waals surface area (Å²) in [6.45, 7) is 12.0. The van der Waals surface area contributed by atoms with Crippen LogP contribution in [-0.4, -0.2) is 37.1 Å². The highest BCUT2D eigenvalue weighted by atomic mass is 15.2. The molecule has 1 aliphatic heterocycles. The molecule has 0 aromatic heterocycles. The minimum atomic E-state index is 0.775. The van der Waals surface area contributed by atoms with E-state index in [4.69, 9.17) is 0 Å². The summed E-state index contributed by atoms with van der Waals surface area (Å²) < 4.78 is 0. The molecule has 2 nitrogen and oxygen atoms in total. The Bertz CT molecular complexity index is 182. The number of nitrogens with zero attached hydrogens (tertiary/aromatic N) is 1. The standard InChI is InChI=1S/C15H32N2/c1-4-7-15(13-16-10-5-2)17-11-6-8-14(3)9-12-17/h14-16H,4-13H2,1-3H3. The van der Waals surface area contributed by atoms with Crippen LogP contribution < -0.4 is 5.32 Å². The molecule has 0 amide bonds. The van der Waals surface area contributed by atoms with Gasteiger partial charge in [0, 0.05) is 12.6 Å². The van der Waals surface area contributed by atoms with Gasteiger partial charge in [0.1, 0.15) is 0 Å². The van der Waals surface area contributed by atoms with Gasteiger partial charge >= 0.3 is 0 Å². The average molecular weight is 240 g/mol. The van der Waals surface area contributed by atoms with Crippen molar-refractivity contribution in [1.82, 2.24) is 10.2 Å². The number of likely N-dealkylation sites (tertiary alicyclic amines) is 1. The Morgan fingerprint density at radius 2 is 2.00 bits per heavy atom. The van der Waals surface area contributed by atoms with Crippen molar-refractivity contribution in [3.63, 3.8) is 0 Å². The molecule has 0 aromatic rings. The molecule has 1 N–H and O–H groups in total. The first kappa shape index (κ1) is 15.0. The van der Waals surface area contributed by atoms with Gasteiger partial charge < -0.3 is 5.32 Å². The van der Waals surface area contributed by atoms with Crippen LogP contribution in [0.15, 0.2) is 0 Å². The topological polar surface area (TPSA) is 15.3 Å². The Kier molecular flexibility index (Phi) is 7.87. The van der Waals surface area contributed by atoms with Crippen molar-refractivity contribution in [3.05, 3.63) is 0 Å². The Hall–Kier alpha value is -0.0800. The molecule has 1 saturated heterocycles. The van der Waals surface area contributed by atoms with Crippen molar-refractivity contribution in [3.8, 4) is 0 Å². The third-order valence-electron chi connectivity index (χ3n) is 4.00. The second kappa shape index (κ2) is 8.93. The molecule has 1 heterocycles. The molecule has 102 valence electrons. The van der Waals surface area contributed by atoms with E-state index in [1.54, 1.807) is 0 Å². The normalized spacial score (nSPS) is 24.5. The monoisotopic (exact) mass is 240 g/mol. The molecule has 0 aliphatic carbocycles. The smallest absolute Gasteiger partial charge is 0.0220 e. The molecule has 0 bridgehead atoms. The summed E-state index contributed by atoms with van der Waals surface area (Å²) in [7, 11) is 0. The second-order valence-electron chi connectivity index (χ2n) is 5.72. The van der Waals surface area contributed by atoms with Crippen LogP contribution in [0, 0.1) is 5.92 Å². The van der Waals surface area contributed by atoms with Crippen molar-refractivity contribution >= 4 is 0 Å². The van der Waals surface area contributed by atoms with Gasteiger partial charge in [0.05, 0.1) is 0 Å². The highest BCUT2D eigenvalue weighted by Gasteiger charge is 2.20. The predicted molar refractivity (Wildman–Crippen MR) is 76.4 cm³/mol. The van der Waals surface area contributed by atoms with E-state index in [1.165, 1.54) is 64.7 Å². The Labute approximate surface area is 108 Å². The summed E-state index contributed by atoms with van der Waals surface area (Å²) in [5, 5.41) is 3.61. The zero-order valence-corrected chi connectivity index (χ0v) is 12.2. The fourth-order valence-corrected chi connectivity index (χ4v) is 2.84. The molecule has 1 rings (SSSR count). The molecule has 1 fully saturated rings. The molecule has 2 unspecified atom stereocenters. The number of nitrogens with one attached hydrogen (secondary N) is 1. The zero-order valence-electron chi connectivity index (χ0n) is 12.2. The van der Waals surface area contributed by atoms with E-state index < -0.39 is 0 Å². The second-order valence-corrected chi connectivity index (χ2v) is 5.72. The van der Waals surface area contributed by atoms with Crippen molar-refractivity contribution in [2.75, 3.05) is 26.2 Å². The van der Waals surface area contributed by atoms with Gasteiger partial charge in [-0.3, -0.25) is 4.90 Å². The van der Waals surface area contributed by atoms with Gasteiger partial charge in [0.2, 0.25) is 0 Å². The molecule has 0 radical (unpaired) electrons. The van der Waals surface area contributed by atoms with E-state index in [-0.39, 0.29) is 0 Å². The van der Waals surface area contributed by atoms with Gasteiger partial charge in [0.25, 0.3) is 0 Å². The molecule has 0 saturated carbocycles. The summed E-state index contributed by atoms with van der Waals surface area (Å²) in [4.78, 5) is 2.75. The van der Waals surface area contributed by atoms with Gasteiger partial charge in [-0.25, -0.2) is 0 Å². The molecule has 17 heavy (non-hydrogen) atoms. The largest absolute Gasteiger partial charge is 0.315 e. The molecule has 1 aliphatic rings. The van der Waals surface area contributed by atoms with E-state index in [0.717, 1.165) is 12.0 Å². The highest BCUT2D eigenvalue weighted by Crippen LogP contribution is 2.19. The van der Waals surface area contributed by atoms with Crippen LogP contribution in [0.1, 0.15) is 59.3 Å². The van der Waals surface area contributed by atoms with Crippen molar-refractivity contribution < 1.29 is 0 Å². The first-order valence-corrected chi connectivity index (χ1v) is 7.72. The highest BCUT2D eigenvalue weighted by molar-refractivity contribution is 4.77. The summed E-state index contributed by atoms with van der Waals surface area (Å²) in [6.07, 6.45) is 8.13. The first-order valence-electron chi connectivity index (χ1n) is 7.72. The van der Waals surface area contributed by atoms with E-state index in [0.29, 0.717) is 0 Å². The van der Waals surface area contributed by atoms with E-state index in [2.05, 4.69) is 31.0 Å². The van der Waals surface area contributed by atoms with E-state index in [9.17, 15) is 0 Å².